The highest BCUT2D eigenvalue weighted by atomic mass is 32.1. The van der Waals surface area contributed by atoms with Crippen molar-refractivity contribution < 1.29 is 23.9 Å². The number of amides is 4. The van der Waals surface area contributed by atoms with Crippen LogP contribution in [-0.2, 0) is 4.74 Å². The third kappa shape index (κ3) is 5.49. The number of imide groups is 1. The predicted molar refractivity (Wildman–Crippen MR) is 116 cm³/mol. The number of thiophene rings is 1. The molecule has 1 N–H and O–H groups in total. The lowest BCUT2D eigenvalue weighted by molar-refractivity contribution is 0.0506. The van der Waals surface area contributed by atoms with Gasteiger partial charge in [0.15, 0.2) is 0 Å². The van der Waals surface area contributed by atoms with Gasteiger partial charge in [0.05, 0.1) is 12.2 Å². The molecule has 1 saturated heterocycles. The summed E-state index contributed by atoms with van der Waals surface area (Å²) < 4.78 is 4.89. The van der Waals surface area contributed by atoms with Gasteiger partial charge in [-0.15, -0.1) is 5.01 Å². The minimum atomic E-state index is -0.974. The summed E-state index contributed by atoms with van der Waals surface area (Å²) in [6.07, 6.45) is 0.987. The number of piperidine rings is 1. The van der Waals surface area contributed by atoms with Gasteiger partial charge in [-0.25, -0.2) is 4.79 Å². The molecule has 0 unspecified atom stereocenters. The Morgan fingerprint density at radius 3 is 2.29 bits per heavy atom. The zero-order chi connectivity index (χ0) is 22.4. The molecule has 0 spiro atoms. The van der Waals surface area contributed by atoms with Crippen molar-refractivity contribution in [3.8, 4) is 0 Å². The highest BCUT2D eigenvalue weighted by Crippen LogP contribution is 2.18. The molecular weight excluding hydrogens is 418 g/mol. The van der Waals surface area contributed by atoms with Gasteiger partial charge in [-0.2, -0.15) is 11.3 Å². The summed E-state index contributed by atoms with van der Waals surface area (Å²) in [7, 11) is 0. The number of hydrogen-bond acceptors (Lipinski definition) is 6. The number of rotatable bonds is 4. The van der Waals surface area contributed by atoms with E-state index in [1.54, 1.807) is 35.9 Å². The number of carbonyl (C=O) groups excluding carboxylic acids is 4. The monoisotopic (exact) mass is 443 g/mol. The molecular formula is C22H25N3O5S. The fourth-order valence-electron chi connectivity index (χ4n) is 3.21. The van der Waals surface area contributed by atoms with Crippen LogP contribution in [0.1, 0.15) is 57.8 Å². The van der Waals surface area contributed by atoms with Crippen molar-refractivity contribution in [2.45, 2.75) is 26.7 Å². The van der Waals surface area contributed by atoms with Crippen molar-refractivity contribution >= 4 is 35.2 Å². The number of hydrogen-bond donors (Lipinski definition) is 1. The zero-order valence-corrected chi connectivity index (χ0v) is 18.3. The lowest BCUT2D eigenvalue weighted by Gasteiger charge is -2.30. The second kappa shape index (κ2) is 10.2. The standard InChI is InChI=1S/C22H25N3O5S/c1-3-30-22(29)25(21(28)18-10-13-31-14-18)23-19(26)16-4-6-17(7-5-16)20(27)24-11-8-15(2)9-12-24/h4-7,10,13-15H,3,8-9,11-12H2,1-2H3,(H,23,26). The van der Waals surface area contributed by atoms with Crippen molar-refractivity contribution in [2.24, 2.45) is 5.92 Å². The Labute approximate surface area is 184 Å². The number of carbonyl (C=O) groups is 4. The molecule has 3 rings (SSSR count). The minimum Gasteiger partial charge on any atom is -0.448 e. The quantitative estimate of drug-likeness (QED) is 0.729. The molecule has 31 heavy (non-hydrogen) atoms. The van der Waals surface area contributed by atoms with E-state index < -0.39 is 17.9 Å². The van der Waals surface area contributed by atoms with Crippen LogP contribution in [0, 0.1) is 5.92 Å². The van der Waals surface area contributed by atoms with E-state index in [2.05, 4.69) is 12.3 Å². The SMILES string of the molecule is CCOC(=O)N(NC(=O)c1ccc(C(=O)N2CCC(C)CC2)cc1)C(=O)c1ccsc1. The van der Waals surface area contributed by atoms with Crippen molar-refractivity contribution in [3.05, 3.63) is 57.8 Å². The highest BCUT2D eigenvalue weighted by molar-refractivity contribution is 7.08. The molecule has 0 bridgehead atoms. The molecule has 9 heteroatoms. The minimum absolute atomic E-state index is 0.0498. The molecule has 0 radical (unpaired) electrons. The molecule has 1 aliphatic rings. The first-order valence-electron chi connectivity index (χ1n) is 10.1. The maximum absolute atomic E-state index is 12.7. The Balaban J connectivity index is 1.69. The van der Waals surface area contributed by atoms with Crippen LogP contribution in [0.2, 0.25) is 0 Å². The molecule has 8 nitrogen and oxygen atoms in total. The third-order valence-electron chi connectivity index (χ3n) is 5.10. The maximum Gasteiger partial charge on any atom is 0.436 e. The zero-order valence-electron chi connectivity index (χ0n) is 17.5. The number of benzene rings is 1. The van der Waals surface area contributed by atoms with Crippen molar-refractivity contribution in [3.63, 3.8) is 0 Å². The van der Waals surface area contributed by atoms with Gasteiger partial charge in [-0.1, -0.05) is 6.92 Å². The molecule has 1 aromatic heterocycles. The van der Waals surface area contributed by atoms with Crippen LogP contribution in [0.3, 0.4) is 0 Å². The first kappa shape index (κ1) is 22.5. The number of nitrogens with one attached hydrogen (secondary N) is 1. The number of hydrazine groups is 1. The lowest BCUT2D eigenvalue weighted by atomic mass is 9.98. The highest BCUT2D eigenvalue weighted by Gasteiger charge is 2.27. The summed E-state index contributed by atoms with van der Waals surface area (Å²) in [5.74, 6) is -0.810. The molecule has 1 fully saturated rings. The average Bonchev–Trinajstić information content (AvgIpc) is 3.32. The Morgan fingerprint density at radius 2 is 1.71 bits per heavy atom. The van der Waals surface area contributed by atoms with E-state index >= 15 is 0 Å². The maximum atomic E-state index is 12.7. The third-order valence-corrected chi connectivity index (χ3v) is 5.78. The van der Waals surface area contributed by atoms with Gasteiger partial charge in [0, 0.05) is 29.6 Å². The van der Waals surface area contributed by atoms with Crippen LogP contribution in [0.15, 0.2) is 41.1 Å². The van der Waals surface area contributed by atoms with E-state index in [0.717, 1.165) is 25.9 Å². The van der Waals surface area contributed by atoms with Gasteiger partial charge in [0.1, 0.15) is 0 Å². The number of likely N-dealkylation sites (tertiary alicyclic amines) is 1. The van der Waals surface area contributed by atoms with Crippen molar-refractivity contribution in [1.82, 2.24) is 15.3 Å². The second-order valence-corrected chi connectivity index (χ2v) is 8.12. The van der Waals surface area contributed by atoms with Crippen molar-refractivity contribution in [1.29, 1.82) is 0 Å². The predicted octanol–water partition coefficient (Wildman–Crippen LogP) is 3.56. The largest absolute Gasteiger partial charge is 0.448 e. The lowest BCUT2D eigenvalue weighted by Crippen LogP contribution is -2.50. The van der Waals surface area contributed by atoms with E-state index in [1.807, 2.05) is 4.90 Å². The molecule has 2 heterocycles. The van der Waals surface area contributed by atoms with E-state index in [4.69, 9.17) is 4.74 Å². The molecule has 1 aliphatic heterocycles. The van der Waals surface area contributed by atoms with E-state index in [9.17, 15) is 19.2 Å². The van der Waals surface area contributed by atoms with Gasteiger partial charge >= 0.3 is 6.09 Å². The normalized spacial score (nSPS) is 14.1. The Morgan fingerprint density at radius 1 is 1.06 bits per heavy atom. The molecule has 164 valence electrons. The first-order valence-corrected chi connectivity index (χ1v) is 11.1. The van der Waals surface area contributed by atoms with E-state index in [-0.39, 0.29) is 23.6 Å². The van der Waals surface area contributed by atoms with Crippen LogP contribution in [0.4, 0.5) is 4.79 Å². The summed E-state index contributed by atoms with van der Waals surface area (Å²) in [6, 6.07) is 7.68. The van der Waals surface area contributed by atoms with Crippen LogP contribution >= 0.6 is 11.3 Å². The van der Waals surface area contributed by atoms with Crippen LogP contribution in [0.5, 0.6) is 0 Å². The summed E-state index contributed by atoms with van der Waals surface area (Å²) in [5, 5.41) is 3.82. The van der Waals surface area contributed by atoms with Gasteiger partial charge in [-0.3, -0.25) is 19.8 Å². The molecule has 0 atom stereocenters. The van der Waals surface area contributed by atoms with E-state index in [1.165, 1.54) is 23.5 Å². The fourth-order valence-corrected chi connectivity index (χ4v) is 3.84. The second-order valence-electron chi connectivity index (χ2n) is 7.34. The smallest absolute Gasteiger partial charge is 0.436 e. The van der Waals surface area contributed by atoms with Crippen molar-refractivity contribution in [2.75, 3.05) is 19.7 Å². The topological polar surface area (TPSA) is 96.0 Å². The summed E-state index contributed by atoms with van der Waals surface area (Å²) in [5.41, 5.74) is 3.26. The number of nitrogens with zero attached hydrogens (tertiary/aromatic N) is 2. The van der Waals surface area contributed by atoms with Crippen LogP contribution in [-0.4, -0.2) is 53.4 Å². The number of ether oxygens (including phenoxy) is 1. The summed E-state index contributed by atoms with van der Waals surface area (Å²) in [6.45, 7) is 5.28. The first-order chi connectivity index (χ1) is 14.9. The van der Waals surface area contributed by atoms with E-state index in [0.29, 0.717) is 16.5 Å². The van der Waals surface area contributed by atoms with Gasteiger partial charge in [0.2, 0.25) is 0 Å². The summed E-state index contributed by atoms with van der Waals surface area (Å²) in [4.78, 5) is 51.9. The summed E-state index contributed by atoms with van der Waals surface area (Å²) >= 11 is 1.29. The van der Waals surface area contributed by atoms with Gasteiger partial charge in [0.25, 0.3) is 17.7 Å². The molecule has 0 saturated carbocycles. The Kier molecular flexibility index (Phi) is 7.41. The van der Waals surface area contributed by atoms with Gasteiger partial charge in [-0.05, 0) is 61.4 Å². The Bertz CT molecular complexity index is 935. The molecule has 4 amide bonds. The molecule has 0 aliphatic carbocycles. The molecule has 2 aromatic rings. The van der Waals surface area contributed by atoms with Crippen LogP contribution < -0.4 is 5.43 Å². The average molecular weight is 444 g/mol. The van der Waals surface area contributed by atoms with Crippen LogP contribution in [0.25, 0.3) is 0 Å². The molecule has 1 aromatic carbocycles. The fraction of sp³-hybridized carbons (Fsp3) is 0.364. The van der Waals surface area contributed by atoms with Gasteiger partial charge < -0.3 is 9.64 Å². The Hall–Kier alpha value is -3.20.